The Morgan fingerprint density at radius 1 is 0.460 bits per heavy atom. The summed E-state index contributed by atoms with van der Waals surface area (Å²) in [6, 6.07) is 53.2. The molecule has 1 heteroatoms. The normalized spacial score (nSPS) is 25.6. The molecule has 0 N–H and O–H groups in total. The Morgan fingerprint density at radius 3 is 1.84 bits per heavy atom. The van der Waals surface area contributed by atoms with E-state index in [1.807, 2.05) is 0 Å². The molecule has 4 bridgehead atoms. The summed E-state index contributed by atoms with van der Waals surface area (Å²) in [5.41, 5.74) is 18.0. The predicted octanol–water partition coefficient (Wildman–Crippen LogP) is 12.9. The van der Waals surface area contributed by atoms with E-state index in [4.69, 9.17) is 0 Å². The number of benzene rings is 6. The van der Waals surface area contributed by atoms with Crippen molar-refractivity contribution in [2.45, 2.75) is 56.8 Å². The summed E-state index contributed by atoms with van der Waals surface area (Å²) in [4.78, 5) is 2.59. The predicted molar refractivity (Wildman–Crippen MR) is 207 cm³/mol. The third kappa shape index (κ3) is 3.79. The second-order valence-electron chi connectivity index (χ2n) is 16.6. The molecule has 0 aromatic heterocycles. The fraction of sp³-hybridized carbons (Fsp3) is 0.265. The molecule has 1 spiro atoms. The van der Waals surface area contributed by atoms with Crippen LogP contribution in [0.25, 0.3) is 33.4 Å². The molecule has 0 unspecified atom stereocenters. The molecule has 0 radical (unpaired) electrons. The van der Waals surface area contributed by atoms with Crippen LogP contribution in [0.5, 0.6) is 0 Å². The molecule has 0 heterocycles. The molecule has 0 atom stereocenters. The van der Waals surface area contributed by atoms with E-state index < -0.39 is 0 Å². The minimum absolute atomic E-state index is 0.0660. The average Bonchev–Trinajstić information content (AvgIpc) is 3.57. The summed E-state index contributed by atoms with van der Waals surface area (Å²) in [6.07, 6.45) is 7.05. The van der Waals surface area contributed by atoms with Gasteiger partial charge in [0, 0.05) is 27.8 Å². The smallest absolute Gasteiger partial charge is 0.0543 e. The van der Waals surface area contributed by atoms with E-state index in [2.05, 4.69) is 158 Å². The van der Waals surface area contributed by atoms with Gasteiger partial charge in [0.25, 0.3) is 0 Å². The first kappa shape index (κ1) is 28.9. The number of fused-ring (bicyclic) bond motifs is 6. The van der Waals surface area contributed by atoms with Crippen molar-refractivity contribution in [3.8, 4) is 33.4 Å². The number of hydrogen-bond donors (Lipinski definition) is 0. The maximum Gasteiger partial charge on any atom is 0.0543 e. The van der Waals surface area contributed by atoms with Gasteiger partial charge in [-0.1, -0.05) is 123 Å². The highest BCUT2D eigenvalue weighted by atomic mass is 15.1. The lowest BCUT2D eigenvalue weighted by Crippen LogP contribution is -2.55. The van der Waals surface area contributed by atoms with Crippen LogP contribution in [0.2, 0.25) is 0 Å². The van der Waals surface area contributed by atoms with Gasteiger partial charge in [0.1, 0.15) is 0 Å². The molecule has 244 valence electrons. The van der Waals surface area contributed by atoms with Crippen LogP contribution in [-0.2, 0) is 10.8 Å². The van der Waals surface area contributed by atoms with E-state index in [-0.39, 0.29) is 10.8 Å². The lowest BCUT2D eigenvalue weighted by Gasteiger charge is -2.61. The molecular weight excluding hydrogens is 603 g/mol. The SMILES string of the molecule is CC1(C)c2ccccc2-c2c(N(c3cccc(-c4ccccc4)c3)c3ccc4c(c3)C3(c5ccccc5-4)C4CC5CC(C4)CC3C5)cccc21. The van der Waals surface area contributed by atoms with Gasteiger partial charge in [-0.2, -0.15) is 0 Å². The van der Waals surface area contributed by atoms with Crippen LogP contribution in [0.3, 0.4) is 0 Å². The van der Waals surface area contributed by atoms with Crippen molar-refractivity contribution in [3.63, 3.8) is 0 Å². The summed E-state index contributed by atoms with van der Waals surface area (Å²) in [7, 11) is 0. The van der Waals surface area contributed by atoms with Crippen LogP contribution < -0.4 is 4.90 Å². The molecule has 0 amide bonds. The van der Waals surface area contributed by atoms with E-state index in [0.717, 1.165) is 23.7 Å². The van der Waals surface area contributed by atoms with Gasteiger partial charge in [-0.3, -0.25) is 0 Å². The highest BCUT2D eigenvalue weighted by molar-refractivity contribution is 5.96. The van der Waals surface area contributed by atoms with Gasteiger partial charge in [0.15, 0.2) is 0 Å². The Balaban J connectivity index is 1.17. The van der Waals surface area contributed by atoms with Gasteiger partial charge in [-0.15, -0.1) is 0 Å². The van der Waals surface area contributed by atoms with Crippen molar-refractivity contribution in [1.29, 1.82) is 0 Å². The summed E-state index contributed by atoms with van der Waals surface area (Å²) >= 11 is 0. The first-order valence-electron chi connectivity index (χ1n) is 18.9. The molecule has 6 aromatic carbocycles. The second-order valence-corrected chi connectivity index (χ2v) is 16.6. The van der Waals surface area contributed by atoms with Crippen LogP contribution >= 0.6 is 0 Å². The van der Waals surface area contributed by atoms with E-state index in [1.54, 1.807) is 11.1 Å². The van der Waals surface area contributed by atoms with Crippen molar-refractivity contribution in [2.24, 2.45) is 23.7 Å². The molecule has 4 fully saturated rings. The second kappa shape index (κ2) is 10.3. The summed E-state index contributed by atoms with van der Waals surface area (Å²) < 4.78 is 0. The third-order valence-electron chi connectivity index (χ3n) is 13.8. The maximum absolute atomic E-state index is 2.65. The Hall–Kier alpha value is -4.88. The number of anilines is 3. The molecule has 12 rings (SSSR count). The van der Waals surface area contributed by atoms with E-state index >= 15 is 0 Å². The Kier molecular flexibility index (Phi) is 5.97. The van der Waals surface area contributed by atoms with Crippen LogP contribution in [-0.4, -0.2) is 0 Å². The lowest BCUT2D eigenvalue weighted by molar-refractivity contribution is -0.0399. The van der Waals surface area contributed by atoms with Gasteiger partial charge in [0.2, 0.25) is 0 Å². The Bertz CT molecular complexity index is 2300. The number of hydrogen-bond acceptors (Lipinski definition) is 1. The van der Waals surface area contributed by atoms with Gasteiger partial charge < -0.3 is 4.90 Å². The maximum atomic E-state index is 2.65. The Labute approximate surface area is 296 Å². The molecule has 6 aliphatic rings. The zero-order valence-corrected chi connectivity index (χ0v) is 29.1. The van der Waals surface area contributed by atoms with E-state index in [9.17, 15) is 0 Å². The summed E-state index contributed by atoms with van der Waals surface area (Å²) in [5.74, 6) is 3.32. The molecule has 4 saturated carbocycles. The Morgan fingerprint density at radius 2 is 1.06 bits per heavy atom. The molecule has 0 saturated heterocycles. The molecule has 50 heavy (non-hydrogen) atoms. The average molecular weight is 646 g/mol. The van der Waals surface area contributed by atoms with Crippen molar-refractivity contribution < 1.29 is 0 Å². The van der Waals surface area contributed by atoms with Crippen molar-refractivity contribution in [1.82, 2.24) is 0 Å². The largest absolute Gasteiger partial charge is 0.310 e. The third-order valence-corrected chi connectivity index (χ3v) is 13.8. The van der Waals surface area contributed by atoms with Crippen LogP contribution in [0.1, 0.15) is 68.2 Å². The molecule has 1 nitrogen and oxygen atoms in total. The minimum atomic E-state index is -0.0660. The summed E-state index contributed by atoms with van der Waals surface area (Å²) in [5, 5.41) is 0. The monoisotopic (exact) mass is 645 g/mol. The van der Waals surface area contributed by atoms with Crippen LogP contribution in [0.15, 0.2) is 140 Å². The van der Waals surface area contributed by atoms with Gasteiger partial charge >= 0.3 is 0 Å². The van der Waals surface area contributed by atoms with Crippen molar-refractivity contribution in [3.05, 3.63) is 162 Å². The zero-order valence-electron chi connectivity index (χ0n) is 29.1. The molecular formula is C49H43N. The lowest BCUT2D eigenvalue weighted by atomic mass is 9.43. The van der Waals surface area contributed by atoms with Gasteiger partial charge in [-0.25, -0.2) is 0 Å². The summed E-state index contributed by atoms with van der Waals surface area (Å²) in [6.45, 7) is 4.79. The minimum Gasteiger partial charge on any atom is -0.310 e. The fourth-order valence-corrected chi connectivity index (χ4v) is 12.1. The van der Waals surface area contributed by atoms with Gasteiger partial charge in [-0.05, 0) is 136 Å². The quantitative estimate of drug-likeness (QED) is 0.184. The van der Waals surface area contributed by atoms with E-state index in [1.165, 1.54) is 93.7 Å². The standard InChI is InChI=1S/C49H43N/c1-48(2)42-18-8-7-17-41(42)47-44(48)20-11-21-46(47)50(37-15-10-14-34(29-37)33-12-4-3-5-13-33)38-22-23-40-39-16-6-9-19-43(39)49(45(40)30-38)35-25-31-24-32(27-35)28-36(49)26-31/h3-23,29-32,35-36H,24-28H2,1-2H3. The highest BCUT2D eigenvalue weighted by Gasteiger charge is 2.61. The van der Waals surface area contributed by atoms with E-state index in [0.29, 0.717) is 0 Å². The van der Waals surface area contributed by atoms with Crippen LogP contribution in [0, 0.1) is 23.7 Å². The van der Waals surface area contributed by atoms with Gasteiger partial charge in [0.05, 0.1) is 5.69 Å². The molecule has 6 aromatic rings. The molecule has 6 aliphatic carbocycles. The molecule has 0 aliphatic heterocycles. The topological polar surface area (TPSA) is 3.24 Å². The zero-order chi connectivity index (χ0) is 33.2. The first-order chi connectivity index (χ1) is 24.5. The number of nitrogens with zero attached hydrogens (tertiary/aromatic N) is 1. The first-order valence-corrected chi connectivity index (χ1v) is 18.9. The number of rotatable bonds is 4. The highest BCUT2D eigenvalue weighted by Crippen LogP contribution is 2.69. The van der Waals surface area contributed by atoms with Crippen molar-refractivity contribution >= 4 is 17.1 Å². The fourth-order valence-electron chi connectivity index (χ4n) is 12.1. The van der Waals surface area contributed by atoms with Crippen LogP contribution in [0.4, 0.5) is 17.1 Å². The van der Waals surface area contributed by atoms with Crippen molar-refractivity contribution in [2.75, 3.05) is 4.90 Å².